The minimum atomic E-state index is 0.450. The summed E-state index contributed by atoms with van der Waals surface area (Å²) in [7, 11) is 0. The Labute approximate surface area is 110 Å². The molecule has 0 amide bonds. The van der Waals surface area contributed by atoms with Crippen LogP contribution in [0.3, 0.4) is 0 Å². The lowest BCUT2D eigenvalue weighted by Crippen LogP contribution is -1.79. The maximum absolute atomic E-state index is 8.21. The Morgan fingerprint density at radius 2 is 1.00 bits per heavy atom. The van der Waals surface area contributed by atoms with Gasteiger partial charge in [-0.2, -0.15) is 0 Å². The third-order valence-corrected chi connectivity index (χ3v) is 2.92. The van der Waals surface area contributed by atoms with Crippen LogP contribution >= 0.6 is 0 Å². The van der Waals surface area contributed by atoms with Crippen molar-refractivity contribution in [2.45, 2.75) is 0 Å². The van der Waals surface area contributed by atoms with Crippen molar-refractivity contribution >= 4 is 0 Å². The highest BCUT2D eigenvalue weighted by Crippen LogP contribution is 2.24. The second kappa shape index (κ2) is 4.89. The minimum Gasteiger partial charge on any atom is -0.0622 e. The van der Waals surface area contributed by atoms with Crippen LogP contribution in [0, 0.1) is 0 Å². The van der Waals surface area contributed by atoms with Crippen LogP contribution in [0.1, 0.15) is 2.74 Å². The smallest absolute Gasteiger partial charge is 0.0622 e. The van der Waals surface area contributed by atoms with Crippen molar-refractivity contribution in [1.82, 2.24) is 0 Å². The van der Waals surface area contributed by atoms with E-state index in [1.54, 1.807) is 6.07 Å². The van der Waals surface area contributed by atoms with Gasteiger partial charge in [-0.05, 0) is 22.3 Å². The van der Waals surface area contributed by atoms with E-state index in [9.17, 15) is 0 Å². The summed E-state index contributed by atoms with van der Waals surface area (Å²) in [5.41, 5.74) is 3.74. The minimum absolute atomic E-state index is 0.450. The number of hydrogen-bond donors (Lipinski definition) is 0. The normalized spacial score (nSPS) is 11.8. The lowest BCUT2D eigenvalue weighted by molar-refractivity contribution is 1.59. The Morgan fingerprint density at radius 3 is 1.72 bits per heavy atom. The molecule has 0 bridgehead atoms. The zero-order valence-electron chi connectivity index (χ0n) is 11.9. The van der Waals surface area contributed by atoms with Gasteiger partial charge < -0.3 is 0 Å². The van der Waals surface area contributed by atoms with Crippen molar-refractivity contribution in [1.29, 1.82) is 0 Å². The largest absolute Gasteiger partial charge is 0.0629 e. The van der Waals surface area contributed by atoms with Crippen LogP contribution in [0.5, 0.6) is 0 Å². The van der Waals surface area contributed by atoms with Gasteiger partial charge in [0.25, 0.3) is 0 Å². The molecule has 0 heterocycles. The molecular weight excluding hydrogens is 216 g/mol. The molecule has 0 aliphatic carbocycles. The third kappa shape index (κ3) is 2.18. The SMILES string of the molecule is [2H]c1ccccc1-c1ccc(-c2ccccc2)cc1[2H]. The monoisotopic (exact) mass is 232 g/mol. The molecule has 0 heteroatoms. The van der Waals surface area contributed by atoms with Crippen molar-refractivity contribution < 1.29 is 2.74 Å². The van der Waals surface area contributed by atoms with Gasteiger partial charge in [-0.3, -0.25) is 0 Å². The van der Waals surface area contributed by atoms with E-state index in [2.05, 4.69) is 0 Å². The van der Waals surface area contributed by atoms with Crippen LogP contribution in [-0.2, 0) is 0 Å². The highest BCUT2D eigenvalue weighted by atomic mass is 14.0. The van der Waals surface area contributed by atoms with Gasteiger partial charge in [0.2, 0.25) is 0 Å². The summed E-state index contributed by atoms with van der Waals surface area (Å²) in [5.74, 6) is 0. The van der Waals surface area contributed by atoms with Crippen LogP contribution in [0.25, 0.3) is 22.3 Å². The summed E-state index contributed by atoms with van der Waals surface area (Å²) < 4.78 is 16.2. The molecule has 18 heavy (non-hydrogen) atoms. The van der Waals surface area contributed by atoms with E-state index in [0.717, 1.165) is 22.3 Å². The summed E-state index contributed by atoms with van der Waals surface area (Å²) in [4.78, 5) is 0. The van der Waals surface area contributed by atoms with Crippen LogP contribution in [0.15, 0.2) is 84.9 Å². The topological polar surface area (TPSA) is 0 Å². The van der Waals surface area contributed by atoms with Crippen LogP contribution < -0.4 is 0 Å². The third-order valence-electron chi connectivity index (χ3n) is 2.92. The summed E-state index contributed by atoms with van der Waals surface area (Å²) in [5, 5.41) is 0. The lowest BCUT2D eigenvalue weighted by Gasteiger charge is -2.04. The van der Waals surface area contributed by atoms with E-state index in [-0.39, 0.29) is 0 Å². The number of hydrogen-bond acceptors (Lipinski definition) is 0. The molecule has 0 aromatic heterocycles. The molecule has 0 nitrogen and oxygen atoms in total. The lowest BCUT2D eigenvalue weighted by atomic mass is 10.0. The summed E-state index contributed by atoms with van der Waals surface area (Å²) in [6.07, 6.45) is 0. The molecule has 0 aliphatic heterocycles. The van der Waals surface area contributed by atoms with Crippen molar-refractivity contribution in [3.8, 4) is 22.3 Å². The van der Waals surface area contributed by atoms with E-state index >= 15 is 0 Å². The molecule has 0 fully saturated rings. The van der Waals surface area contributed by atoms with Crippen molar-refractivity contribution in [2.75, 3.05) is 0 Å². The molecule has 3 rings (SSSR count). The van der Waals surface area contributed by atoms with Gasteiger partial charge in [0, 0.05) is 0 Å². The summed E-state index contributed by atoms with van der Waals surface area (Å²) in [6, 6.07) is 24.1. The molecule has 0 spiro atoms. The molecular formula is C18H14. The van der Waals surface area contributed by atoms with Gasteiger partial charge in [-0.25, -0.2) is 0 Å². The highest BCUT2D eigenvalue weighted by molar-refractivity contribution is 5.70. The summed E-state index contributed by atoms with van der Waals surface area (Å²) in [6.45, 7) is 0. The Balaban J connectivity index is 2.07. The van der Waals surface area contributed by atoms with Crippen LogP contribution in [0.2, 0.25) is 0 Å². The Bertz CT molecular complexity index is 733. The predicted molar refractivity (Wildman–Crippen MR) is 77.3 cm³/mol. The average Bonchev–Trinajstić information content (AvgIpc) is 2.49. The first-order valence-corrected chi connectivity index (χ1v) is 5.98. The van der Waals surface area contributed by atoms with Gasteiger partial charge >= 0.3 is 0 Å². The first-order chi connectivity index (χ1) is 9.75. The zero-order valence-corrected chi connectivity index (χ0v) is 9.93. The maximum atomic E-state index is 8.21. The van der Waals surface area contributed by atoms with E-state index in [4.69, 9.17) is 2.74 Å². The van der Waals surface area contributed by atoms with Crippen molar-refractivity contribution in [2.24, 2.45) is 0 Å². The van der Waals surface area contributed by atoms with E-state index < -0.39 is 0 Å². The fourth-order valence-electron chi connectivity index (χ4n) is 1.96. The predicted octanol–water partition coefficient (Wildman–Crippen LogP) is 5.02. The van der Waals surface area contributed by atoms with E-state index in [0.29, 0.717) is 12.1 Å². The standard InChI is InChI=1S/C18H14/c1-3-7-15(8-4-1)17-11-13-18(14-12-17)16-9-5-2-6-10-16/h1-14H/i7D,11D. The number of rotatable bonds is 2. The Hall–Kier alpha value is -2.34. The summed E-state index contributed by atoms with van der Waals surface area (Å²) >= 11 is 0. The molecule has 0 radical (unpaired) electrons. The molecule has 0 saturated heterocycles. The molecule has 0 unspecified atom stereocenters. The maximum Gasteiger partial charge on any atom is 0.0629 e. The molecule has 0 aliphatic rings. The molecule has 3 aromatic carbocycles. The van der Waals surface area contributed by atoms with Gasteiger partial charge in [-0.15, -0.1) is 0 Å². The molecule has 3 aromatic rings. The fourth-order valence-corrected chi connectivity index (χ4v) is 1.96. The second-order valence-electron chi connectivity index (χ2n) is 4.13. The Morgan fingerprint density at radius 1 is 0.444 bits per heavy atom. The average molecular weight is 232 g/mol. The first kappa shape index (κ1) is 8.71. The van der Waals surface area contributed by atoms with Gasteiger partial charge in [-0.1, -0.05) is 84.9 Å². The highest BCUT2D eigenvalue weighted by Gasteiger charge is 1.98. The first-order valence-electron chi connectivity index (χ1n) is 6.98. The zero-order chi connectivity index (χ0) is 13.9. The van der Waals surface area contributed by atoms with Crippen molar-refractivity contribution in [3.63, 3.8) is 0 Å². The van der Waals surface area contributed by atoms with E-state index in [1.807, 2.05) is 66.7 Å². The molecule has 0 atom stereocenters. The molecule has 0 N–H and O–H groups in total. The quantitative estimate of drug-likeness (QED) is 0.582. The fraction of sp³-hybridized carbons (Fsp3) is 0. The van der Waals surface area contributed by atoms with Crippen LogP contribution in [-0.4, -0.2) is 0 Å². The Kier molecular flexibility index (Phi) is 2.36. The van der Waals surface area contributed by atoms with Gasteiger partial charge in [0.1, 0.15) is 0 Å². The van der Waals surface area contributed by atoms with Gasteiger partial charge in [0.15, 0.2) is 0 Å². The van der Waals surface area contributed by atoms with Crippen LogP contribution in [0.4, 0.5) is 0 Å². The number of benzene rings is 3. The van der Waals surface area contributed by atoms with E-state index in [1.165, 1.54) is 0 Å². The second-order valence-corrected chi connectivity index (χ2v) is 4.13. The molecule has 0 saturated carbocycles. The van der Waals surface area contributed by atoms with Gasteiger partial charge in [0.05, 0.1) is 2.74 Å². The van der Waals surface area contributed by atoms with Crippen molar-refractivity contribution in [3.05, 3.63) is 84.9 Å². The molecule has 86 valence electrons.